The van der Waals surface area contributed by atoms with Crippen molar-refractivity contribution in [2.24, 2.45) is 0 Å². The zero-order chi connectivity index (χ0) is 22.5. The molecule has 0 aliphatic rings. The number of aromatic nitrogens is 1. The number of hydrogen-bond donors (Lipinski definition) is 1. The third-order valence-electron chi connectivity index (χ3n) is 5.09. The number of ether oxygens (including phenoxy) is 1. The van der Waals surface area contributed by atoms with Gasteiger partial charge in [0.2, 0.25) is 0 Å². The molecule has 3 aromatic carbocycles. The number of pyridine rings is 1. The number of fused-ring (bicyclic) bond motifs is 1. The van der Waals surface area contributed by atoms with Crippen LogP contribution in [0.25, 0.3) is 22.2 Å². The van der Waals surface area contributed by atoms with E-state index in [4.69, 9.17) is 4.74 Å². The van der Waals surface area contributed by atoms with E-state index in [2.05, 4.69) is 10.3 Å². The minimum Gasteiger partial charge on any atom is -0.452 e. The van der Waals surface area contributed by atoms with Crippen molar-refractivity contribution >= 4 is 22.8 Å². The molecule has 0 bridgehead atoms. The van der Waals surface area contributed by atoms with Crippen LogP contribution in [-0.4, -0.2) is 23.5 Å². The van der Waals surface area contributed by atoms with Gasteiger partial charge in [0.25, 0.3) is 5.91 Å². The number of halogens is 1. The van der Waals surface area contributed by atoms with Gasteiger partial charge in [0.05, 0.1) is 22.8 Å². The summed E-state index contributed by atoms with van der Waals surface area (Å²) in [6.07, 6.45) is 0. The van der Waals surface area contributed by atoms with E-state index in [0.717, 1.165) is 5.56 Å². The first kappa shape index (κ1) is 21.2. The van der Waals surface area contributed by atoms with Gasteiger partial charge in [0.1, 0.15) is 5.82 Å². The molecular formula is C26H21FN2O3. The highest BCUT2D eigenvalue weighted by Crippen LogP contribution is 2.25. The number of carbonyl (C=O) groups excluding carboxylic acids is 2. The normalized spacial score (nSPS) is 11.7. The number of hydrogen-bond acceptors (Lipinski definition) is 4. The van der Waals surface area contributed by atoms with Gasteiger partial charge in [-0.25, -0.2) is 14.2 Å². The molecule has 6 heteroatoms. The molecule has 0 spiro atoms. The molecule has 0 fully saturated rings. The summed E-state index contributed by atoms with van der Waals surface area (Å²) in [6, 6.07) is 23.9. The molecule has 0 radical (unpaired) electrons. The molecule has 4 rings (SSSR count). The lowest BCUT2D eigenvalue weighted by molar-refractivity contribution is -0.124. The summed E-state index contributed by atoms with van der Waals surface area (Å²) in [4.78, 5) is 29.8. The molecule has 1 amide bonds. The van der Waals surface area contributed by atoms with Crippen LogP contribution in [0.3, 0.4) is 0 Å². The Morgan fingerprint density at radius 3 is 2.41 bits per heavy atom. The quantitative estimate of drug-likeness (QED) is 0.435. The molecule has 1 heterocycles. The van der Waals surface area contributed by atoms with Crippen LogP contribution in [0.15, 0.2) is 84.9 Å². The second-order valence-corrected chi connectivity index (χ2v) is 7.36. The topological polar surface area (TPSA) is 68.3 Å². The zero-order valence-corrected chi connectivity index (χ0v) is 17.4. The van der Waals surface area contributed by atoms with Crippen molar-refractivity contribution in [2.75, 3.05) is 6.61 Å². The molecule has 0 saturated heterocycles. The maximum Gasteiger partial charge on any atom is 0.339 e. The summed E-state index contributed by atoms with van der Waals surface area (Å²) in [5.74, 6) is -1.38. The molecule has 0 saturated carbocycles. The van der Waals surface area contributed by atoms with Crippen LogP contribution in [0, 0.1) is 5.82 Å². The summed E-state index contributed by atoms with van der Waals surface area (Å²) >= 11 is 0. The fourth-order valence-electron chi connectivity index (χ4n) is 3.43. The van der Waals surface area contributed by atoms with Crippen molar-refractivity contribution in [1.29, 1.82) is 0 Å². The van der Waals surface area contributed by atoms with Gasteiger partial charge in [-0.05, 0) is 48.9 Å². The highest BCUT2D eigenvalue weighted by molar-refractivity contribution is 6.05. The fourth-order valence-corrected chi connectivity index (χ4v) is 3.43. The summed E-state index contributed by atoms with van der Waals surface area (Å²) < 4.78 is 18.6. The Kier molecular flexibility index (Phi) is 6.22. The van der Waals surface area contributed by atoms with Crippen molar-refractivity contribution in [1.82, 2.24) is 10.3 Å². The van der Waals surface area contributed by atoms with Crippen LogP contribution < -0.4 is 5.32 Å². The number of para-hydroxylation sites is 1. The average molecular weight is 428 g/mol. The Morgan fingerprint density at radius 2 is 1.66 bits per heavy atom. The number of nitrogens with one attached hydrogen (secondary N) is 1. The zero-order valence-electron chi connectivity index (χ0n) is 17.4. The largest absolute Gasteiger partial charge is 0.452 e. The number of amides is 1. The van der Waals surface area contributed by atoms with Crippen LogP contribution in [-0.2, 0) is 9.53 Å². The fraction of sp³-hybridized carbons (Fsp3) is 0.115. The van der Waals surface area contributed by atoms with E-state index in [9.17, 15) is 14.0 Å². The van der Waals surface area contributed by atoms with Gasteiger partial charge in [-0.3, -0.25) is 4.79 Å². The van der Waals surface area contributed by atoms with E-state index >= 15 is 0 Å². The first-order valence-electron chi connectivity index (χ1n) is 10.2. The lowest BCUT2D eigenvalue weighted by Gasteiger charge is -2.14. The molecule has 1 aromatic heterocycles. The summed E-state index contributed by atoms with van der Waals surface area (Å²) in [5, 5.41) is 3.43. The average Bonchev–Trinajstić information content (AvgIpc) is 2.83. The third kappa shape index (κ3) is 4.81. The molecule has 4 aromatic rings. The smallest absolute Gasteiger partial charge is 0.339 e. The Hall–Kier alpha value is -4.06. The highest BCUT2D eigenvalue weighted by Gasteiger charge is 2.17. The number of rotatable bonds is 6. The minimum atomic E-state index is -0.630. The van der Waals surface area contributed by atoms with E-state index in [1.54, 1.807) is 36.4 Å². The highest BCUT2D eigenvalue weighted by atomic mass is 19.1. The minimum absolute atomic E-state index is 0.214. The molecule has 160 valence electrons. The number of esters is 1. The van der Waals surface area contributed by atoms with E-state index in [0.29, 0.717) is 27.7 Å². The van der Waals surface area contributed by atoms with Crippen molar-refractivity contribution in [3.05, 3.63) is 102 Å². The van der Waals surface area contributed by atoms with Crippen molar-refractivity contribution < 1.29 is 18.7 Å². The Bertz CT molecular complexity index is 1260. The number of benzene rings is 3. The summed E-state index contributed by atoms with van der Waals surface area (Å²) in [5.41, 5.74) is 3.02. The van der Waals surface area contributed by atoms with Gasteiger partial charge in [-0.1, -0.05) is 48.5 Å². The Morgan fingerprint density at radius 1 is 0.969 bits per heavy atom. The van der Waals surface area contributed by atoms with E-state index in [1.807, 2.05) is 43.3 Å². The SMILES string of the molecule is C[C@@H](NC(=O)COC(=O)c1cc(-c2ccc(F)cc2)nc2ccccc12)c1ccccc1. The van der Waals surface area contributed by atoms with Gasteiger partial charge in [-0.15, -0.1) is 0 Å². The Balaban J connectivity index is 1.52. The first-order valence-corrected chi connectivity index (χ1v) is 10.2. The molecule has 5 nitrogen and oxygen atoms in total. The van der Waals surface area contributed by atoms with Crippen LogP contribution in [0.2, 0.25) is 0 Å². The predicted octanol–water partition coefficient (Wildman–Crippen LogP) is 5.08. The maximum atomic E-state index is 13.3. The molecule has 32 heavy (non-hydrogen) atoms. The third-order valence-corrected chi connectivity index (χ3v) is 5.09. The second kappa shape index (κ2) is 9.39. The van der Waals surface area contributed by atoms with Crippen molar-refractivity contribution in [2.45, 2.75) is 13.0 Å². The summed E-state index contributed by atoms with van der Waals surface area (Å²) in [7, 11) is 0. The van der Waals surface area contributed by atoms with Crippen LogP contribution in [0.1, 0.15) is 28.9 Å². The van der Waals surface area contributed by atoms with Gasteiger partial charge in [0, 0.05) is 10.9 Å². The van der Waals surface area contributed by atoms with E-state index in [-0.39, 0.29) is 11.9 Å². The van der Waals surface area contributed by atoms with Gasteiger partial charge < -0.3 is 10.1 Å². The lowest BCUT2D eigenvalue weighted by atomic mass is 10.0. The van der Waals surface area contributed by atoms with Gasteiger partial charge in [0.15, 0.2) is 6.61 Å². The number of carbonyl (C=O) groups is 2. The van der Waals surface area contributed by atoms with Gasteiger partial charge >= 0.3 is 5.97 Å². The van der Waals surface area contributed by atoms with E-state index in [1.165, 1.54) is 12.1 Å². The standard InChI is InChI=1S/C26H21FN2O3/c1-17(18-7-3-2-4-8-18)28-25(30)16-32-26(31)22-15-24(19-11-13-20(27)14-12-19)29-23-10-6-5-9-21(22)23/h2-15,17H,16H2,1H3,(H,28,30)/t17-/m1/s1. The van der Waals surface area contributed by atoms with Crippen molar-refractivity contribution in [3.8, 4) is 11.3 Å². The van der Waals surface area contributed by atoms with Crippen LogP contribution in [0.5, 0.6) is 0 Å². The molecule has 1 atom stereocenters. The second-order valence-electron chi connectivity index (χ2n) is 7.36. The molecular weight excluding hydrogens is 407 g/mol. The Labute approximate surface area is 184 Å². The van der Waals surface area contributed by atoms with E-state index < -0.39 is 18.5 Å². The first-order chi connectivity index (χ1) is 15.5. The lowest BCUT2D eigenvalue weighted by Crippen LogP contribution is -2.31. The number of nitrogens with zero attached hydrogens (tertiary/aromatic N) is 1. The predicted molar refractivity (Wildman–Crippen MR) is 120 cm³/mol. The van der Waals surface area contributed by atoms with Gasteiger partial charge in [-0.2, -0.15) is 0 Å². The molecule has 1 N–H and O–H groups in total. The summed E-state index contributed by atoms with van der Waals surface area (Å²) in [6.45, 7) is 1.46. The molecule has 0 aliphatic heterocycles. The van der Waals surface area contributed by atoms with Crippen LogP contribution >= 0.6 is 0 Å². The molecule has 0 unspecified atom stereocenters. The van der Waals surface area contributed by atoms with Crippen LogP contribution in [0.4, 0.5) is 4.39 Å². The maximum absolute atomic E-state index is 13.3. The van der Waals surface area contributed by atoms with Crippen molar-refractivity contribution in [3.63, 3.8) is 0 Å². The molecule has 0 aliphatic carbocycles. The monoisotopic (exact) mass is 428 g/mol.